The van der Waals surface area contributed by atoms with E-state index >= 15 is 0 Å². The van der Waals surface area contributed by atoms with Gasteiger partial charge in [0.25, 0.3) is 5.91 Å². The van der Waals surface area contributed by atoms with Crippen molar-refractivity contribution >= 4 is 45.8 Å². The number of nitrogens with zero attached hydrogens (tertiary/aromatic N) is 4. The molecule has 0 unspecified atom stereocenters. The van der Waals surface area contributed by atoms with E-state index in [1.54, 1.807) is 43.4 Å². The molecule has 0 aliphatic heterocycles. The SMILES string of the molecule is CN(C)c1c(C(N)=O)cnc2c(-c3cc(Cl)cc(Cl)c3)cnnc12. The van der Waals surface area contributed by atoms with Gasteiger partial charge in [-0.2, -0.15) is 5.10 Å². The first-order chi connectivity index (χ1) is 11.4. The summed E-state index contributed by atoms with van der Waals surface area (Å²) in [4.78, 5) is 17.8. The number of amides is 1. The largest absolute Gasteiger partial charge is 0.375 e. The Hall–Kier alpha value is -2.44. The van der Waals surface area contributed by atoms with Gasteiger partial charge in [0.05, 0.1) is 17.4 Å². The summed E-state index contributed by atoms with van der Waals surface area (Å²) >= 11 is 12.2. The van der Waals surface area contributed by atoms with Crippen molar-refractivity contribution in [2.75, 3.05) is 19.0 Å². The van der Waals surface area contributed by atoms with Gasteiger partial charge >= 0.3 is 0 Å². The molecule has 122 valence electrons. The standard InChI is InChI=1S/C16H13Cl2N5O/c1-23(2)15-12(16(19)24)6-20-13-11(7-21-22-14(13)15)8-3-9(17)5-10(18)4-8/h3-7H,1-2H3,(H2,19,24). The van der Waals surface area contributed by atoms with E-state index < -0.39 is 5.91 Å². The van der Waals surface area contributed by atoms with Crippen LogP contribution in [-0.2, 0) is 0 Å². The van der Waals surface area contributed by atoms with Crippen LogP contribution in [0.1, 0.15) is 10.4 Å². The third kappa shape index (κ3) is 2.86. The molecule has 0 saturated carbocycles. The molecular weight excluding hydrogens is 349 g/mol. The molecule has 1 amide bonds. The quantitative estimate of drug-likeness (QED) is 0.774. The number of anilines is 1. The second kappa shape index (κ2) is 6.22. The number of carbonyl (C=O) groups excluding carboxylic acids is 1. The number of fused-ring (bicyclic) bond motifs is 1. The van der Waals surface area contributed by atoms with E-state index in [4.69, 9.17) is 28.9 Å². The van der Waals surface area contributed by atoms with E-state index in [-0.39, 0.29) is 5.56 Å². The maximum absolute atomic E-state index is 11.7. The van der Waals surface area contributed by atoms with Gasteiger partial charge in [-0.25, -0.2) is 0 Å². The van der Waals surface area contributed by atoms with Gasteiger partial charge in [0, 0.05) is 35.9 Å². The second-order valence-electron chi connectivity index (χ2n) is 5.39. The fraction of sp³-hybridized carbons (Fsp3) is 0.125. The van der Waals surface area contributed by atoms with Crippen LogP contribution in [0.2, 0.25) is 10.0 Å². The molecule has 0 aliphatic rings. The summed E-state index contributed by atoms with van der Waals surface area (Å²) in [6.07, 6.45) is 3.03. The lowest BCUT2D eigenvalue weighted by atomic mass is 10.0. The van der Waals surface area contributed by atoms with Crippen molar-refractivity contribution in [3.05, 3.63) is 46.2 Å². The predicted molar refractivity (Wildman–Crippen MR) is 95.6 cm³/mol. The van der Waals surface area contributed by atoms with Gasteiger partial charge in [0.1, 0.15) is 11.0 Å². The summed E-state index contributed by atoms with van der Waals surface area (Å²) in [6, 6.07) is 5.18. The topological polar surface area (TPSA) is 85.0 Å². The number of pyridine rings is 1. The highest BCUT2D eigenvalue weighted by atomic mass is 35.5. The van der Waals surface area contributed by atoms with Crippen LogP contribution >= 0.6 is 23.2 Å². The molecule has 0 radical (unpaired) electrons. The first-order valence-corrected chi connectivity index (χ1v) is 7.72. The molecule has 8 heteroatoms. The molecule has 0 spiro atoms. The van der Waals surface area contributed by atoms with Crippen molar-refractivity contribution in [3.63, 3.8) is 0 Å². The number of primary amides is 1. The highest BCUT2D eigenvalue weighted by Crippen LogP contribution is 2.34. The summed E-state index contributed by atoms with van der Waals surface area (Å²) in [5.74, 6) is -0.578. The van der Waals surface area contributed by atoms with Gasteiger partial charge in [0.15, 0.2) is 0 Å². The minimum atomic E-state index is -0.578. The summed E-state index contributed by atoms with van der Waals surface area (Å²) in [5.41, 5.74) is 8.82. The molecule has 3 aromatic rings. The molecule has 2 aromatic heterocycles. The van der Waals surface area contributed by atoms with Crippen LogP contribution in [0.4, 0.5) is 5.69 Å². The van der Waals surface area contributed by atoms with Crippen LogP contribution in [-0.4, -0.2) is 35.2 Å². The minimum absolute atomic E-state index is 0.281. The van der Waals surface area contributed by atoms with E-state index in [0.717, 1.165) is 5.56 Å². The summed E-state index contributed by atoms with van der Waals surface area (Å²) in [5, 5.41) is 9.19. The fourth-order valence-electron chi connectivity index (χ4n) is 2.54. The third-order valence-corrected chi connectivity index (χ3v) is 3.95. The Morgan fingerprint density at radius 1 is 1.08 bits per heavy atom. The highest BCUT2D eigenvalue weighted by molar-refractivity contribution is 6.35. The lowest BCUT2D eigenvalue weighted by molar-refractivity contribution is 0.100. The average molecular weight is 362 g/mol. The molecule has 0 atom stereocenters. The molecule has 24 heavy (non-hydrogen) atoms. The van der Waals surface area contributed by atoms with Crippen LogP contribution in [0.3, 0.4) is 0 Å². The van der Waals surface area contributed by atoms with Crippen molar-refractivity contribution in [2.24, 2.45) is 5.73 Å². The molecule has 0 aliphatic carbocycles. The minimum Gasteiger partial charge on any atom is -0.375 e. The Labute approximate surface area is 148 Å². The van der Waals surface area contributed by atoms with Crippen molar-refractivity contribution in [3.8, 4) is 11.1 Å². The zero-order valence-corrected chi connectivity index (χ0v) is 14.4. The van der Waals surface area contributed by atoms with Crippen molar-refractivity contribution in [1.29, 1.82) is 0 Å². The molecule has 2 heterocycles. The number of carbonyl (C=O) groups is 1. The number of hydrogen-bond donors (Lipinski definition) is 1. The number of aromatic nitrogens is 3. The lowest BCUT2D eigenvalue weighted by Gasteiger charge is -2.18. The number of benzene rings is 1. The monoisotopic (exact) mass is 361 g/mol. The first kappa shape index (κ1) is 16.4. The van der Waals surface area contributed by atoms with Crippen LogP contribution in [0.15, 0.2) is 30.6 Å². The Morgan fingerprint density at radius 3 is 2.33 bits per heavy atom. The van der Waals surface area contributed by atoms with E-state index in [1.807, 2.05) is 0 Å². The summed E-state index contributed by atoms with van der Waals surface area (Å²) in [6.45, 7) is 0. The first-order valence-electron chi connectivity index (χ1n) is 6.96. The van der Waals surface area contributed by atoms with Gasteiger partial charge in [-0.1, -0.05) is 23.2 Å². The number of halogens is 2. The predicted octanol–water partition coefficient (Wildman–Crippen LogP) is 3.16. The van der Waals surface area contributed by atoms with E-state index in [1.165, 1.54) is 6.20 Å². The second-order valence-corrected chi connectivity index (χ2v) is 6.27. The Kier molecular flexibility index (Phi) is 4.26. The zero-order chi connectivity index (χ0) is 17.4. The maximum Gasteiger partial charge on any atom is 0.252 e. The average Bonchev–Trinajstić information content (AvgIpc) is 2.51. The fourth-order valence-corrected chi connectivity index (χ4v) is 3.07. The van der Waals surface area contributed by atoms with E-state index in [9.17, 15) is 4.79 Å². The Morgan fingerprint density at radius 2 is 1.75 bits per heavy atom. The zero-order valence-electron chi connectivity index (χ0n) is 12.9. The molecule has 6 nitrogen and oxygen atoms in total. The highest BCUT2D eigenvalue weighted by Gasteiger charge is 2.19. The van der Waals surface area contributed by atoms with Gasteiger partial charge < -0.3 is 10.6 Å². The van der Waals surface area contributed by atoms with E-state index in [0.29, 0.717) is 32.3 Å². The van der Waals surface area contributed by atoms with Crippen molar-refractivity contribution in [2.45, 2.75) is 0 Å². The molecule has 2 N–H and O–H groups in total. The molecule has 0 bridgehead atoms. The smallest absolute Gasteiger partial charge is 0.252 e. The lowest BCUT2D eigenvalue weighted by Crippen LogP contribution is -2.20. The number of nitrogens with two attached hydrogens (primary N) is 1. The van der Waals surface area contributed by atoms with Crippen LogP contribution in [0, 0.1) is 0 Å². The van der Waals surface area contributed by atoms with Gasteiger partial charge in [-0.05, 0) is 23.8 Å². The third-order valence-electron chi connectivity index (χ3n) is 3.51. The molecule has 0 saturated heterocycles. The maximum atomic E-state index is 11.7. The molecule has 0 fully saturated rings. The van der Waals surface area contributed by atoms with E-state index in [2.05, 4.69) is 15.2 Å². The Bertz CT molecular complexity index is 938. The van der Waals surface area contributed by atoms with Gasteiger partial charge in [-0.3, -0.25) is 9.78 Å². The van der Waals surface area contributed by atoms with Crippen molar-refractivity contribution < 1.29 is 4.79 Å². The summed E-state index contributed by atoms with van der Waals surface area (Å²) < 4.78 is 0. The number of rotatable bonds is 3. The molecule has 1 aromatic carbocycles. The number of hydrogen-bond acceptors (Lipinski definition) is 5. The Balaban J connectivity index is 2.36. The summed E-state index contributed by atoms with van der Waals surface area (Å²) in [7, 11) is 3.59. The van der Waals surface area contributed by atoms with Gasteiger partial charge in [0.2, 0.25) is 0 Å². The van der Waals surface area contributed by atoms with Crippen LogP contribution < -0.4 is 10.6 Å². The molecular formula is C16H13Cl2N5O. The normalized spacial score (nSPS) is 10.8. The van der Waals surface area contributed by atoms with Crippen LogP contribution in [0.5, 0.6) is 0 Å². The van der Waals surface area contributed by atoms with Crippen LogP contribution in [0.25, 0.3) is 22.2 Å². The van der Waals surface area contributed by atoms with Crippen molar-refractivity contribution in [1.82, 2.24) is 15.2 Å². The molecule has 3 rings (SSSR count). The van der Waals surface area contributed by atoms with Gasteiger partial charge in [-0.15, -0.1) is 5.10 Å².